The van der Waals surface area contributed by atoms with Crippen LogP contribution in [0.1, 0.15) is 37.5 Å². The number of aromatic nitrogens is 3. The highest BCUT2D eigenvalue weighted by molar-refractivity contribution is 6.11. The Morgan fingerprint density at radius 2 is 1.22 bits per heavy atom. The lowest BCUT2D eigenvalue weighted by molar-refractivity contribution is 0.102. The number of benzene rings is 4. The summed E-state index contributed by atoms with van der Waals surface area (Å²) in [5.74, 6) is 1.93. The van der Waals surface area contributed by atoms with Gasteiger partial charge in [-0.05, 0) is 72.8 Å². The highest BCUT2D eigenvalue weighted by atomic mass is 16.6. The van der Waals surface area contributed by atoms with Crippen LogP contribution in [0.15, 0.2) is 125 Å². The normalized spacial score (nSPS) is 12.8. The fourth-order valence-electron chi connectivity index (χ4n) is 6.41. The molecule has 3 aromatic heterocycles. The van der Waals surface area contributed by atoms with E-state index in [1.165, 1.54) is 6.20 Å². The number of carbonyl (C=O) groups is 2. The molecule has 0 aliphatic carbocycles. The molecule has 2 aliphatic rings. The summed E-state index contributed by atoms with van der Waals surface area (Å²) < 4.78 is 23.9. The third-order valence-corrected chi connectivity index (χ3v) is 9.03. The van der Waals surface area contributed by atoms with Crippen LogP contribution in [0, 0.1) is 0 Å². The first-order valence-corrected chi connectivity index (χ1v) is 17.2. The molecule has 3 N–H and O–H groups in total. The lowest BCUT2D eigenvalue weighted by atomic mass is 10.0. The van der Waals surface area contributed by atoms with Crippen molar-refractivity contribution in [1.29, 1.82) is 0 Å². The lowest BCUT2D eigenvalue weighted by Crippen LogP contribution is -2.21. The number of pyridine rings is 3. The molecule has 0 amide bonds. The first kappa shape index (κ1) is 33.9. The SMILES string of the molecule is Nc1cccc(Cn2cc(C(=O)c3ccc4c(c3)OCCO4)c(=O)c3ccccc32)n1.O=C(c1ccc2c(c1)OCCO2)c1c[nH]c2ccccc2c1=O. The third-order valence-electron chi connectivity index (χ3n) is 9.03. The summed E-state index contributed by atoms with van der Waals surface area (Å²) in [6, 6.07) is 29.6. The summed E-state index contributed by atoms with van der Waals surface area (Å²) in [5.41, 5.74) is 8.33. The molecule has 0 bridgehead atoms. The Bertz CT molecular complexity index is 2720. The summed E-state index contributed by atoms with van der Waals surface area (Å²) >= 11 is 0. The maximum absolute atomic E-state index is 13.3. The van der Waals surface area contributed by atoms with Crippen LogP contribution in [0.4, 0.5) is 5.82 Å². The Morgan fingerprint density at radius 1 is 0.648 bits per heavy atom. The van der Waals surface area contributed by atoms with E-state index in [9.17, 15) is 19.2 Å². The van der Waals surface area contributed by atoms with E-state index in [-0.39, 0.29) is 33.6 Å². The fourth-order valence-corrected chi connectivity index (χ4v) is 6.41. The molecule has 0 saturated carbocycles. The van der Waals surface area contributed by atoms with Crippen LogP contribution in [0.2, 0.25) is 0 Å². The summed E-state index contributed by atoms with van der Waals surface area (Å²) in [7, 11) is 0. The van der Waals surface area contributed by atoms with Crippen LogP contribution in [0.3, 0.4) is 0 Å². The standard InChI is InChI=1S/C24H19N3O4.C18H13NO4/c25-22-7-3-4-16(26-22)13-27-14-18(24(29)17-5-1-2-6-19(17)27)23(28)15-8-9-20-21(12-15)31-11-10-30-20;20-17(11-5-6-15-16(9-11)23-8-7-22-15)13-10-19-14-4-2-1-3-12(14)18(13)21/h1-9,12,14H,10-11,13H2,(H2,25,26);1-6,9-10H,7-8H2,(H,19,21). The topological polar surface area (TPSA) is 165 Å². The molecular weight excluding hydrogens is 688 g/mol. The number of ketones is 2. The monoisotopic (exact) mass is 720 g/mol. The molecule has 268 valence electrons. The van der Waals surface area contributed by atoms with Gasteiger partial charge in [-0.3, -0.25) is 19.2 Å². The summed E-state index contributed by atoms with van der Waals surface area (Å²) in [4.78, 5) is 59.0. The van der Waals surface area contributed by atoms with E-state index in [0.29, 0.717) is 89.2 Å². The van der Waals surface area contributed by atoms with Gasteiger partial charge in [-0.15, -0.1) is 0 Å². The molecule has 0 unspecified atom stereocenters. The van der Waals surface area contributed by atoms with Gasteiger partial charge in [0, 0.05) is 39.8 Å². The largest absolute Gasteiger partial charge is 0.486 e. The van der Waals surface area contributed by atoms with Gasteiger partial charge in [-0.1, -0.05) is 30.3 Å². The Morgan fingerprint density at radius 3 is 1.89 bits per heavy atom. The molecule has 4 aromatic carbocycles. The average molecular weight is 721 g/mol. The molecule has 12 nitrogen and oxygen atoms in total. The van der Waals surface area contributed by atoms with Crippen molar-refractivity contribution in [2.45, 2.75) is 6.54 Å². The number of aromatic amines is 1. The van der Waals surface area contributed by atoms with Crippen LogP contribution < -0.4 is 35.5 Å². The highest BCUT2D eigenvalue weighted by Crippen LogP contribution is 2.32. The first-order chi connectivity index (χ1) is 26.3. The number of anilines is 1. The van der Waals surface area contributed by atoms with Crippen LogP contribution in [0.5, 0.6) is 23.0 Å². The number of hydrogen-bond acceptors (Lipinski definition) is 10. The number of rotatable bonds is 6. The van der Waals surface area contributed by atoms with Crippen molar-refractivity contribution in [1.82, 2.24) is 14.5 Å². The molecule has 0 spiro atoms. The van der Waals surface area contributed by atoms with E-state index >= 15 is 0 Å². The number of nitrogen functional groups attached to an aromatic ring is 1. The molecule has 7 aromatic rings. The van der Waals surface area contributed by atoms with Crippen molar-refractivity contribution in [2.75, 3.05) is 32.2 Å². The van der Waals surface area contributed by atoms with Crippen molar-refractivity contribution in [3.05, 3.63) is 164 Å². The van der Waals surface area contributed by atoms with Gasteiger partial charge in [0.2, 0.25) is 10.9 Å². The molecule has 54 heavy (non-hydrogen) atoms. The number of H-pyrrole nitrogens is 1. The molecule has 2 aliphatic heterocycles. The fraction of sp³-hybridized carbons (Fsp3) is 0.119. The number of carbonyl (C=O) groups excluding carboxylic acids is 2. The van der Waals surface area contributed by atoms with E-state index < -0.39 is 0 Å². The molecule has 9 rings (SSSR count). The van der Waals surface area contributed by atoms with Gasteiger partial charge >= 0.3 is 0 Å². The Balaban J connectivity index is 0.000000160. The Labute approximate surface area is 307 Å². The minimum absolute atomic E-state index is 0.0827. The number of para-hydroxylation sites is 2. The van der Waals surface area contributed by atoms with E-state index in [2.05, 4.69) is 9.97 Å². The molecule has 12 heteroatoms. The van der Waals surface area contributed by atoms with E-state index in [4.69, 9.17) is 24.7 Å². The Hall–Kier alpha value is -7.21. The van der Waals surface area contributed by atoms with Gasteiger partial charge in [-0.2, -0.15) is 0 Å². The zero-order chi connectivity index (χ0) is 37.2. The van der Waals surface area contributed by atoms with Crippen molar-refractivity contribution in [3.63, 3.8) is 0 Å². The maximum atomic E-state index is 13.3. The van der Waals surface area contributed by atoms with Gasteiger partial charge in [0.25, 0.3) is 0 Å². The Kier molecular flexibility index (Phi) is 9.06. The minimum Gasteiger partial charge on any atom is -0.486 e. The third kappa shape index (κ3) is 6.63. The molecule has 0 atom stereocenters. The van der Waals surface area contributed by atoms with Crippen molar-refractivity contribution >= 4 is 39.2 Å². The summed E-state index contributed by atoms with van der Waals surface area (Å²) in [5, 5.41) is 0.964. The summed E-state index contributed by atoms with van der Waals surface area (Å²) in [6.45, 7) is 2.19. The van der Waals surface area contributed by atoms with Crippen molar-refractivity contribution in [2.24, 2.45) is 0 Å². The zero-order valence-electron chi connectivity index (χ0n) is 28.7. The molecule has 0 saturated heterocycles. The molecule has 0 radical (unpaired) electrons. The van der Waals surface area contributed by atoms with Gasteiger partial charge in [0.15, 0.2) is 34.6 Å². The van der Waals surface area contributed by atoms with Crippen LogP contribution in [0.25, 0.3) is 21.8 Å². The lowest BCUT2D eigenvalue weighted by Gasteiger charge is -2.18. The van der Waals surface area contributed by atoms with Gasteiger partial charge in [0.1, 0.15) is 32.2 Å². The predicted molar refractivity (Wildman–Crippen MR) is 202 cm³/mol. The first-order valence-electron chi connectivity index (χ1n) is 17.2. The highest BCUT2D eigenvalue weighted by Gasteiger charge is 2.21. The maximum Gasteiger partial charge on any atom is 0.200 e. The second-order valence-corrected chi connectivity index (χ2v) is 12.5. The predicted octanol–water partition coefficient (Wildman–Crippen LogP) is 5.56. The summed E-state index contributed by atoms with van der Waals surface area (Å²) in [6.07, 6.45) is 3.05. The van der Waals surface area contributed by atoms with Gasteiger partial charge in [-0.25, -0.2) is 4.98 Å². The van der Waals surface area contributed by atoms with Crippen molar-refractivity contribution in [3.8, 4) is 23.0 Å². The average Bonchev–Trinajstić information content (AvgIpc) is 3.21. The molecule has 5 heterocycles. The van der Waals surface area contributed by atoms with Crippen LogP contribution >= 0.6 is 0 Å². The number of nitrogens with two attached hydrogens (primary N) is 1. The van der Waals surface area contributed by atoms with E-state index in [1.54, 1.807) is 79.0 Å². The number of nitrogens with zero attached hydrogens (tertiary/aromatic N) is 2. The second-order valence-electron chi connectivity index (χ2n) is 12.5. The van der Waals surface area contributed by atoms with Gasteiger partial charge in [0.05, 0.1) is 28.9 Å². The van der Waals surface area contributed by atoms with E-state index in [0.717, 1.165) is 11.2 Å². The number of fused-ring (bicyclic) bond motifs is 4. The van der Waals surface area contributed by atoms with Gasteiger partial charge < -0.3 is 34.2 Å². The number of hydrogen-bond donors (Lipinski definition) is 2. The molecule has 0 fully saturated rings. The minimum atomic E-state index is -0.373. The smallest absolute Gasteiger partial charge is 0.200 e. The zero-order valence-corrected chi connectivity index (χ0v) is 28.7. The quantitative estimate of drug-likeness (QED) is 0.208. The molecular formula is C42H32N4O8. The van der Waals surface area contributed by atoms with E-state index in [1.807, 2.05) is 34.9 Å². The number of ether oxygens (including phenoxy) is 4. The van der Waals surface area contributed by atoms with Crippen LogP contribution in [-0.2, 0) is 6.54 Å². The number of nitrogens with one attached hydrogen (secondary N) is 1. The second kappa shape index (κ2) is 14.4. The van der Waals surface area contributed by atoms with Crippen LogP contribution in [-0.4, -0.2) is 52.5 Å². The van der Waals surface area contributed by atoms with Crippen molar-refractivity contribution < 1.29 is 28.5 Å².